The summed E-state index contributed by atoms with van der Waals surface area (Å²) in [5.41, 5.74) is 9.98. The molecule has 0 saturated heterocycles. The molecular weight excluding hydrogens is 485 g/mol. The Hall–Kier alpha value is -4.37. The van der Waals surface area contributed by atoms with Gasteiger partial charge in [-0.2, -0.15) is 15.2 Å². The number of nitriles is 1. The van der Waals surface area contributed by atoms with Crippen molar-refractivity contribution in [2.75, 3.05) is 16.8 Å². The van der Waals surface area contributed by atoms with E-state index in [0.717, 1.165) is 22.8 Å². The molecule has 5 N–H and O–H groups in total. The monoisotopic (exact) mass is 500 g/mol. The zero-order chi connectivity index (χ0) is 25.4. The number of nitrogens with zero attached hydrogens (tertiary/aromatic N) is 5. The summed E-state index contributed by atoms with van der Waals surface area (Å²) in [4.78, 5) is 25.6. The second-order valence-electron chi connectivity index (χ2n) is 7.40. The average Bonchev–Trinajstić information content (AvgIpc) is 2.78. The Bertz CT molecular complexity index is 1560. The van der Waals surface area contributed by atoms with Crippen LogP contribution in [0, 0.1) is 28.8 Å². The molecule has 178 valence electrons. The molecule has 0 aliphatic carbocycles. The van der Waals surface area contributed by atoms with Crippen molar-refractivity contribution in [3.8, 4) is 11.8 Å². The van der Waals surface area contributed by atoms with Crippen LogP contribution in [0.1, 0.15) is 30.8 Å². The van der Waals surface area contributed by atoms with Crippen molar-refractivity contribution in [2.45, 2.75) is 19.4 Å². The molecule has 4 aromatic rings. The van der Waals surface area contributed by atoms with E-state index < -0.39 is 34.4 Å². The fraction of sp³-hybridized carbons (Fsp3) is 0.136. The number of nitrogen functional groups attached to an aromatic ring is 2. The Morgan fingerprint density at radius 2 is 1.83 bits per heavy atom. The molecule has 0 bridgehead atoms. The maximum absolute atomic E-state index is 14.7. The van der Waals surface area contributed by atoms with E-state index in [-0.39, 0.29) is 51.6 Å². The van der Waals surface area contributed by atoms with E-state index in [0.29, 0.717) is 6.07 Å². The van der Waals surface area contributed by atoms with E-state index in [4.69, 9.17) is 23.1 Å². The van der Waals surface area contributed by atoms with Gasteiger partial charge >= 0.3 is 0 Å². The van der Waals surface area contributed by atoms with Gasteiger partial charge in [-0.05, 0) is 30.7 Å². The van der Waals surface area contributed by atoms with Crippen LogP contribution in [0.4, 0.5) is 30.8 Å². The lowest BCUT2D eigenvalue weighted by molar-refractivity contribution is 0.578. The molecule has 9 nitrogen and oxygen atoms in total. The number of aromatic nitrogens is 4. The average molecular weight is 501 g/mol. The highest BCUT2D eigenvalue weighted by Crippen LogP contribution is 2.29. The second kappa shape index (κ2) is 9.11. The normalized spacial score (nSPS) is 11.9. The lowest BCUT2D eigenvalue weighted by atomic mass is 10.1. The first-order valence-electron chi connectivity index (χ1n) is 10.1. The van der Waals surface area contributed by atoms with Gasteiger partial charge in [-0.1, -0.05) is 18.5 Å². The van der Waals surface area contributed by atoms with Crippen molar-refractivity contribution in [3.05, 3.63) is 74.5 Å². The molecule has 1 atom stereocenters. The number of rotatable bonds is 5. The van der Waals surface area contributed by atoms with E-state index in [1.165, 1.54) is 6.07 Å². The topological polar surface area (TPSA) is 149 Å². The number of anilines is 3. The summed E-state index contributed by atoms with van der Waals surface area (Å²) >= 11 is 6.20. The summed E-state index contributed by atoms with van der Waals surface area (Å²) < 4.78 is 43.7. The minimum atomic E-state index is -0.964. The summed E-state index contributed by atoms with van der Waals surface area (Å²) in [6.45, 7) is 1.71. The molecule has 0 aliphatic heterocycles. The summed E-state index contributed by atoms with van der Waals surface area (Å²) in [6.07, 6.45) is 0.220. The predicted octanol–water partition coefficient (Wildman–Crippen LogP) is 3.85. The van der Waals surface area contributed by atoms with Gasteiger partial charge in [0.2, 0.25) is 5.95 Å². The summed E-state index contributed by atoms with van der Waals surface area (Å²) in [5, 5.41) is 11.9. The molecule has 0 amide bonds. The summed E-state index contributed by atoms with van der Waals surface area (Å²) in [5.74, 6) is -3.38. The zero-order valence-corrected chi connectivity index (χ0v) is 18.7. The molecule has 2 aromatic heterocycles. The molecule has 0 fully saturated rings. The van der Waals surface area contributed by atoms with Crippen molar-refractivity contribution < 1.29 is 13.2 Å². The molecule has 13 heteroatoms. The van der Waals surface area contributed by atoms with Crippen molar-refractivity contribution in [3.63, 3.8) is 0 Å². The summed E-state index contributed by atoms with van der Waals surface area (Å²) in [6, 6.07) is 5.61. The van der Waals surface area contributed by atoms with Gasteiger partial charge in [-0.25, -0.2) is 18.2 Å². The Kier molecular flexibility index (Phi) is 6.19. The van der Waals surface area contributed by atoms with Gasteiger partial charge in [0.15, 0.2) is 5.82 Å². The number of nitrogens with one attached hydrogen (secondary N) is 1. The molecule has 1 unspecified atom stereocenters. The van der Waals surface area contributed by atoms with Crippen LogP contribution in [0.25, 0.3) is 16.6 Å². The SMILES string of the molecule is CCC(Nc1nc(N)nc(N)c1C#N)c1nc2c(Cl)ccc(F)c2c(=O)n1-c1cc(F)cc(F)c1. The molecule has 0 aliphatic rings. The molecule has 2 heterocycles. The maximum atomic E-state index is 14.7. The van der Waals surface area contributed by atoms with Crippen LogP contribution in [-0.2, 0) is 0 Å². The fourth-order valence-electron chi connectivity index (χ4n) is 3.61. The van der Waals surface area contributed by atoms with Gasteiger partial charge in [-0.15, -0.1) is 0 Å². The van der Waals surface area contributed by atoms with Crippen LogP contribution >= 0.6 is 11.6 Å². The van der Waals surface area contributed by atoms with Crippen molar-refractivity contribution in [2.24, 2.45) is 0 Å². The number of nitrogens with two attached hydrogens (primary N) is 2. The van der Waals surface area contributed by atoms with Gasteiger partial charge in [0, 0.05) is 6.07 Å². The van der Waals surface area contributed by atoms with Gasteiger partial charge in [0.05, 0.1) is 22.3 Å². The first-order chi connectivity index (χ1) is 16.6. The number of hydrogen-bond acceptors (Lipinski definition) is 8. The second-order valence-corrected chi connectivity index (χ2v) is 7.81. The highest BCUT2D eigenvalue weighted by atomic mass is 35.5. The van der Waals surface area contributed by atoms with Crippen LogP contribution in [-0.4, -0.2) is 19.5 Å². The Morgan fingerprint density at radius 3 is 2.46 bits per heavy atom. The quantitative estimate of drug-likeness (QED) is 0.374. The lowest BCUT2D eigenvalue weighted by Crippen LogP contribution is -2.29. The highest BCUT2D eigenvalue weighted by Gasteiger charge is 2.25. The van der Waals surface area contributed by atoms with Gasteiger partial charge in [0.1, 0.15) is 46.1 Å². The van der Waals surface area contributed by atoms with Gasteiger partial charge in [0.25, 0.3) is 5.56 Å². The minimum absolute atomic E-state index is 0.0135. The third-order valence-corrected chi connectivity index (χ3v) is 5.46. The largest absolute Gasteiger partial charge is 0.382 e. The molecule has 0 spiro atoms. The van der Waals surface area contributed by atoms with Crippen LogP contribution in [0.3, 0.4) is 0 Å². The molecule has 4 rings (SSSR count). The Morgan fingerprint density at radius 1 is 1.14 bits per heavy atom. The van der Waals surface area contributed by atoms with Crippen LogP contribution in [0.5, 0.6) is 0 Å². The number of benzene rings is 2. The number of hydrogen-bond donors (Lipinski definition) is 3. The van der Waals surface area contributed by atoms with Crippen molar-refractivity contribution in [1.29, 1.82) is 5.26 Å². The molecule has 0 saturated carbocycles. The molecule has 0 radical (unpaired) electrons. The van der Waals surface area contributed by atoms with Crippen LogP contribution in [0.2, 0.25) is 5.02 Å². The van der Waals surface area contributed by atoms with Crippen molar-refractivity contribution in [1.82, 2.24) is 19.5 Å². The molecular formula is C22H16ClF3N8O. The van der Waals surface area contributed by atoms with E-state index in [1.54, 1.807) is 6.92 Å². The third-order valence-electron chi connectivity index (χ3n) is 5.15. The minimum Gasteiger partial charge on any atom is -0.382 e. The van der Waals surface area contributed by atoms with E-state index in [9.17, 15) is 23.2 Å². The molecule has 35 heavy (non-hydrogen) atoms. The van der Waals surface area contributed by atoms with E-state index in [2.05, 4.69) is 20.3 Å². The van der Waals surface area contributed by atoms with Crippen LogP contribution < -0.4 is 22.3 Å². The first-order valence-corrected chi connectivity index (χ1v) is 10.5. The predicted molar refractivity (Wildman–Crippen MR) is 124 cm³/mol. The van der Waals surface area contributed by atoms with E-state index >= 15 is 0 Å². The smallest absolute Gasteiger partial charge is 0.269 e. The van der Waals surface area contributed by atoms with Gasteiger partial charge < -0.3 is 16.8 Å². The van der Waals surface area contributed by atoms with Gasteiger partial charge in [-0.3, -0.25) is 9.36 Å². The van der Waals surface area contributed by atoms with Crippen molar-refractivity contribution >= 4 is 40.1 Å². The van der Waals surface area contributed by atoms with Crippen LogP contribution in [0.15, 0.2) is 35.1 Å². The standard InChI is InChI=1S/C22H16ClF3N8O/c1-2-15(30-19-12(8-27)18(28)32-22(29)33-19)20-31-17-13(23)3-4-14(26)16(17)21(35)34(20)11-6-9(24)5-10(25)7-11/h3-7,15H,2H2,1H3,(H5,28,29,30,32,33). The zero-order valence-electron chi connectivity index (χ0n) is 18.0. The highest BCUT2D eigenvalue weighted by molar-refractivity contribution is 6.35. The summed E-state index contributed by atoms with van der Waals surface area (Å²) in [7, 11) is 0. The fourth-order valence-corrected chi connectivity index (χ4v) is 3.81. The Labute approximate surface area is 200 Å². The number of halogens is 4. The number of fused-ring (bicyclic) bond motifs is 1. The third kappa shape index (κ3) is 4.29. The van der Waals surface area contributed by atoms with E-state index in [1.807, 2.05) is 6.07 Å². The first kappa shape index (κ1) is 23.8. The maximum Gasteiger partial charge on any atom is 0.269 e. The molecule has 2 aromatic carbocycles. The Balaban J connectivity index is 2.04. The lowest BCUT2D eigenvalue weighted by Gasteiger charge is -2.23.